The van der Waals surface area contributed by atoms with E-state index < -0.39 is 79.0 Å². The van der Waals surface area contributed by atoms with Gasteiger partial charge in [0.1, 0.15) is 6.54 Å². The number of aromatic nitrogens is 3. The fourth-order valence-corrected chi connectivity index (χ4v) is 4.14. The van der Waals surface area contributed by atoms with Crippen LogP contribution in [0.3, 0.4) is 0 Å². The number of carbonyl (C=O) groups excluding carboxylic acids is 2. The zero-order valence-corrected chi connectivity index (χ0v) is 23.5. The van der Waals surface area contributed by atoms with Gasteiger partial charge in [-0.3, -0.25) is 14.2 Å². The summed E-state index contributed by atoms with van der Waals surface area (Å²) in [6.07, 6.45) is -13.5. The average Bonchev–Trinajstić information content (AvgIpc) is 3.20. The van der Waals surface area contributed by atoms with E-state index in [0.29, 0.717) is 15.3 Å². The number of aliphatic hydroxyl groups excluding tert-OH is 2. The van der Waals surface area contributed by atoms with Crippen molar-refractivity contribution in [2.75, 3.05) is 6.61 Å². The number of rotatable bonds is 11. The maximum Gasteiger partial charge on any atom is 0.416 e. The second kappa shape index (κ2) is 12.9. The Labute approximate surface area is 245 Å². The minimum Gasteiger partial charge on any atom is -0.394 e. The Balaban J connectivity index is 1.99. The molecule has 3 N–H and O–H groups in total. The number of amides is 1. The molecule has 9 nitrogen and oxygen atoms in total. The molecule has 1 unspecified atom stereocenters. The van der Waals surface area contributed by atoms with Crippen molar-refractivity contribution in [2.45, 2.75) is 63.3 Å². The minimum absolute atomic E-state index is 0.134. The number of benzene rings is 2. The third kappa shape index (κ3) is 8.67. The zero-order valence-electron chi connectivity index (χ0n) is 22.7. The van der Waals surface area contributed by atoms with Crippen LogP contribution < -0.4 is 11.0 Å². The lowest BCUT2D eigenvalue weighted by molar-refractivity contribution is -0.207. The summed E-state index contributed by atoms with van der Waals surface area (Å²) in [5, 5.41) is 25.8. The summed E-state index contributed by atoms with van der Waals surface area (Å²) in [4.78, 5) is 39.4. The Morgan fingerprint density at radius 1 is 1.05 bits per heavy atom. The van der Waals surface area contributed by atoms with Crippen molar-refractivity contribution in [3.05, 3.63) is 75.2 Å². The molecule has 0 aliphatic carbocycles. The zero-order chi connectivity index (χ0) is 32.3. The third-order valence-corrected chi connectivity index (χ3v) is 6.56. The molecule has 2 atom stereocenters. The Kier molecular flexibility index (Phi) is 10.1. The molecule has 0 bridgehead atoms. The van der Waals surface area contributed by atoms with E-state index in [9.17, 15) is 50.9 Å². The van der Waals surface area contributed by atoms with E-state index in [-0.39, 0.29) is 22.0 Å². The van der Waals surface area contributed by atoms with Gasteiger partial charge >= 0.3 is 18.0 Å². The van der Waals surface area contributed by atoms with Crippen molar-refractivity contribution in [3.63, 3.8) is 0 Å². The largest absolute Gasteiger partial charge is 0.416 e. The second-order valence-corrected chi connectivity index (χ2v) is 10.8. The number of carbonyl (C=O) groups is 2. The van der Waals surface area contributed by atoms with Crippen LogP contribution in [0, 0.1) is 0 Å². The number of Topliss-reactive ketones (excluding diaryl/α,β-unsaturated/α-hetero) is 1. The van der Waals surface area contributed by atoms with Gasteiger partial charge in [0.2, 0.25) is 5.91 Å². The van der Waals surface area contributed by atoms with Gasteiger partial charge in [0.25, 0.3) is 0 Å². The fourth-order valence-electron chi connectivity index (χ4n) is 4.01. The van der Waals surface area contributed by atoms with Crippen LogP contribution in [0.15, 0.2) is 53.3 Å². The molecular weight excluding hydrogens is 610 g/mol. The van der Waals surface area contributed by atoms with Gasteiger partial charge in [-0.15, -0.1) is 5.10 Å². The van der Waals surface area contributed by atoms with Crippen molar-refractivity contribution >= 4 is 23.3 Å². The number of nitrogens with one attached hydrogen (secondary N) is 1. The molecule has 0 saturated carbocycles. The van der Waals surface area contributed by atoms with Crippen molar-refractivity contribution in [1.82, 2.24) is 19.7 Å². The summed E-state index contributed by atoms with van der Waals surface area (Å²) < 4.78 is 80.5. The summed E-state index contributed by atoms with van der Waals surface area (Å²) in [7, 11) is 0. The van der Waals surface area contributed by atoms with Crippen LogP contribution in [0.4, 0.5) is 26.3 Å². The molecule has 1 aromatic heterocycles. The lowest BCUT2D eigenvalue weighted by Crippen LogP contribution is -2.48. The quantitative estimate of drug-likeness (QED) is 0.274. The van der Waals surface area contributed by atoms with Crippen molar-refractivity contribution in [2.24, 2.45) is 0 Å². The average molecular weight is 637 g/mol. The molecule has 2 aromatic carbocycles. The Bertz CT molecular complexity index is 1520. The van der Waals surface area contributed by atoms with Gasteiger partial charge < -0.3 is 15.5 Å². The number of alkyl halides is 6. The topological polar surface area (TPSA) is 126 Å². The minimum atomic E-state index is -5.08. The maximum absolute atomic E-state index is 13.4. The summed E-state index contributed by atoms with van der Waals surface area (Å²) in [6.45, 7) is 0.234. The van der Waals surface area contributed by atoms with Gasteiger partial charge in [-0.1, -0.05) is 29.8 Å². The van der Waals surface area contributed by atoms with Gasteiger partial charge in [0.15, 0.2) is 17.7 Å². The number of hydrogen-bond donors (Lipinski definition) is 3. The maximum atomic E-state index is 13.4. The predicted molar refractivity (Wildman–Crippen MR) is 142 cm³/mol. The van der Waals surface area contributed by atoms with E-state index in [1.165, 1.54) is 44.2 Å². The Morgan fingerprint density at radius 2 is 1.67 bits per heavy atom. The van der Waals surface area contributed by atoms with Crippen LogP contribution in [-0.2, 0) is 28.9 Å². The van der Waals surface area contributed by atoms with Crippen LogP contribution in [0.25, 0.3) is 11.4 Å². The number of hydrogen-bond acceptors (Lipinski definition) is 6. The molecule has 0 saturated heterocycles. The van der Waals surface area contributed by atoms with E-state index in [1.807, 2.05) is 0 Å². The molecule has 43 heavy (non-hydrogen) atoms. The highest BCUT2D eigenvalue weighted by atomic mass is 35.5. The molecule has 0 aliphatic heterocycles. The molecule has 0 fully saturated rings. The number of aliphatic hydroxyl groups is 2. The van der Waals surface area contributed by atoms with Gasteiger partial charge in [-0.05, 0) is 49.7 Å². The van der Waals surface area contributed by atoms with Crippen molar-refractivity contribution in [1.29, 1.82) is 0 Å². The van der Waals surface area contributed by atoms with Gasteiger partial charge in [0.05, 0.1) is 30.2 Å². The van der Waals surface area contributed by atoms with Crippen LogP contribution in [-0.4, -0.2) is 60.7 Å². The van der Waals surface area contributed by atoms with E-state index in [4.69, 9.17) is 11.6 Å². The van der Waals surface area contributed by atoms with Crippen LogP contribution >= 0.6 is 11.6 Å². The molecule has 0 radical (unpaired) electrons. The summed E-state index contributed by atoms with van der Waals surface area (Å²) in [5.74, 6) is -3.58. The smallest absolute Gasteiger partial charge is 0.394 e. The lowest BCUT2D eigenvalue weighted by atomic mass is 9.90. The first-order valence-corrected chi connectivity index (χ1v) is 13.0. The summed E-state index contributed by atoms with van der Waals surface area (Å²) >= 11 is 5.86. The standard InChI is InChI=1S/C27H27ClF6N4O5/c1-25(2,14-39)35-23(42)20(16-4-3-5-17(10-16)26(29,30)31)11-19(40)12-38-24(43)37(13-21(41)27(32,33)34)22(36-38)15-6-8-18(28)9-7-15/h3-10,20-21,39,41H,11-14H2,1-2H3,(H,35,42)/t20?,21-/m0/s1. The fraction of sp³-hybridized carbons (Fsp3) is 0.407. The van der Waals surface area contributed by atoms with Gasteiger partial charge in [-0.25, -0.2) is 9.48 Å². The molecule has 16 heteroatoms. The van der Waals surface area contributed by atoms with Crippen LogP contribution in [0.2, 0.25) is 5.02 Å². The number of ketones is 1. The number of halogens is 7. The summed E-state index contributed by atoms with van der Waals surface area (Å²) in [6, 6.07) is 9.18. The molecule has 0 aliphatic rings. The molecule has 1 heterocycles. The highest BCUT2D eigenvalue weighted by Gasteiger charge is 2.39. The Morgan fingerprint density at radius 3 is 2.23 bits per heavy atom. The van der Waals surface area contributed by atoms with E-state index >= 15 is 0 Å². The number of nitrogens with zero attached hydrogens (tertiary/aromatic N) is 3. The highest BCUT2D eigenvalue weighted by Crippen LogP contribution is 2.32. The summed E-state index contributed by atoms with van der Waals surface area (Å²) in [5.41, 5.74) is -3.52. The second-order valence-electron chi connectivity index (χ2n) is 10.4. The first-order chi connectivity index (χ1) is 19.8. The lowest BCUT2D eigenvalue weighted by Gasteiger charge is -2.27. The highest BCUT2D eigenvalue weighted by molar-refractivity contribution is 6.30. The SMILES string of the molecule is CC(C)(CO)NC(=O)C(CC(=O)Cn1nc(-c2ccc(Cl)cc2)n(C[C@H](O)C(F)(F)F)c1=O)c1cccc(C(F)(F)F)c1. The monoisotopic (exact) mass is 636 g/mol. The van der Waals surface area contributed by atoms with Crippen LogP contribution in [0.1, 0.15) is 37.3 Å². The first kappa shape index (κ1) is 33.8. The predicted octanol–water partition coefficient (Wildman–Crippen LogP) is 3.94. The first-order valence-electron chi connectivity index (χ1n) is 12.6. The van der Waals surface area contributed by atoms with E-state index in [0.717, 1.165) is 12.1 Å². The Hall–Kier alpha value is -3.69. The molecule has 234 valence electrons. The molecular formula is C27H27ClF6N4O5. The normalized spacial score (nSPS) is 13.9. The van der Waals surface area contributed by atoms with Crippen molar-refractivity contribution < 1.29 is 46.1 Å². The van der Waals surface area contributed by atoms with Gasteiger partial charge in [0, 0.05) is 17.0 Å². The molecule has 1 amide bonds. The van der Waals surface area contributed by atoms with E-state index in [1.54, 1.807) is 0 Å². The molecule has 3 aromatic rings. The van der Waals surface area contributed by atoms with E-state index in [2.05, 4.69) is 10.4 Å². The third-order valence-electron chi connectivity index (χ3n) is 6.31. The van der Waals surface area contributed by atoms with Crippen LogP contribution in [0.5, 0.6) is 0 Å². The molecule has 3 rings (SSSR count). The van der Waals surface area contributed by atoms with Crippen molar-refractivity contribution in [3.8, 4) is 11.4 Å². The van der Waals surface area contributed by atoms with Gasteiger partial charge in [-0.2, -0.15) is 26.3 Å². The molecule has 0 spiro atoms.